The van der Waals surface area contributed by atoms with Crippen LogP contribution in [0.15, 0.2) is 36.4 Å². The van der Waals surface area contributed by atoms with Gasteiger partial charge in [-0.3, -0.25) is 4.79 Å². The zero-order valence-electron chi connectivity index (χ0n) is 10.8. The maximum absolute atomic E-state index is 13.6. The average molecular weight is 286 g/mol. The van der Waals surface area contributed by atoms with Gasteiger partial charge in [-0.15, -0.1) is 0 Å². The molecule has 0 spiro atoms. The Labute approximate surface area is 119 Å². The van der Waals surface area contributed by atoms with Crippen LogP contribution in [0.2, 0.25) is 0 Å². The Morgan fingerprint density at radius 2 is 1.86 bits per heavy atom. The standard InChI is InChI=1S/C15H11FN2O3/c16-14-3-9(7-17)1-2-10(14)8-18-15(21)11-4-12(19)6-13(20)5-11/h1-6,19-20H,8H2,(H,18,21). The highest BCUT2D eigenvalue weighted by Gasteiger charge is 2.10. The van der Waals surface area contributed by atoms with Gasteiger partial charge in [-0.05, 0) is 24.3 Å². The summed E-state index contributed by atoms with van der Waals surface area (Å²) in [6.07, 6.45) is 0. The fraction of sp³-hybridized carbons (Fsp3) is 0.0667. The van der Waals surface area contributed by atoms with Crippen LogP contribution in [0, 0.1) is 17.1 Å². The molecule has 0 saturated heterocycles. The van der Waals surface area contributed by atoms with E-state index in [9.17, 15) is 19.4 Å². The molecule has 0 radical (unpaired) electrons. The minimum Gasteiger partial charge on any atom is -0.508 e. The number of aromatic hydroxyl groups is 2. The lowest BCUT2D eigenvalue weighted by atomic mass is 10.1. The molecule has 0 aromatic heterocycles. The molecule has 1 amide bonds. The number of halogens is 1. The summed E-state index contributed by atoms with van der Waals surface area (Å²) in [5.74, 6) is -1.65. The zero-order chi connectivity index (χ0) is 15.4. The van der Waals surface area contributed by atoms with Crippen molar-refractivity contribution in [3.63, 3.8) is 0 Å². The first-order chi connectivity index (χ1) is 9.99. The molecule has 2 aromatic carbocycles. The Kier molecular flexibility index (Phi) is 4.05. The first-order valence-electron chi connectivity index (χ1n) is 5.99. The first kappa shape index (κ1) is 14.3. The van der Waals surface area contributed by atoms with Crippen LogP contribution in [0.1, 0.15) is 21.5 Å². The van der Waals surface area contributed by atoms with Gasteiger partial charge in [0, 0.05) is 23.7 Å². The van der Waals surface area contributed by atoms with Crippen LogP contribution in [0.25, 0.3) is 0 Å². The number of hydrogen-bond donors (Lipinski definition) is 3. The molecule has 5 nitrogen and oxygen atoms in total. The van der Waals surface area contributed by atoms with Crippen molar-refractivity contribution < 1.29 is 19.4 Å². The third-order valence-electron chi connectivity index (χ3n) is 2.79. The highest BCUT2D eigenvalue weighted by molar-refractivity contribution is 5.95. The molecule has 0 fully saturated rings. The lowest BCUT2D eigenvalue weighted by molar-refractivity contribution is 0.0950. The van der Waals surface area contributed by atoms with Gasteiger partial charge in [0.25, 0.3) is 5.91 Å². The van der Waals surface area contributed by atoms with Crippen molar-refractivity contribution in [3.05, 3.63) is 58.9 Å². The number of carbonyl (C=O) groups excluding carboxylic acids is 1. The van der Waals surface area contributed by atoms with Gasteiger partial charge in [-0.2, -0.15) is 5.26 Å². The lowest BCUT2D eigenvalue weighted by Crippen LogP contribution is -2.23. The summed E-state index contributed by atoms with van der Waals surface area (Å²) in [5, 5.41) is 29.7. The molecule has 0 unspecified atom stereocenters. The predicted molar refractivity (Wildman–Crippen MR) is 72.1 cm³/mol. The number of nitrogens with zero attached hydrogens (tertiary/aromatic N) is 1. The quantitative estimate of drug-likeness (QED) is 0.805. The first-order valence-corrected chi connectivity index (χ1v) is 5.99. The van der Waals surface area contributed by atoms with Crippen LogP contribution in [0.5, 0.6) is 11.5 Å². The summed E-state index contributed by atoms with van der Waals surface area (Å²) in [7, 11) is 0. The van der Waals surface area contributed by atoms with Crippen LogP contribution in [-0.4, -0.2) is 16.1 Å². The SMILES string of the molecule is N#Cc1ccc(CNC(=O)c2cc(O)cc(O)c2)c(F)c1. The minimum absolute atomic E-state index is 0.0570. The molecule has 21 heavy (non-hydrogen) atoms. The normalized spacial score (nSPS) is 9.90. The zero-order valence-corrected chi connectivity index (χ0v) is 10.8. The molecule has 2 aromatic rings. The average Bonchev–Trinajstić information content (AvgIpc) is 2.44. The number of phenolic OH excluding ortho intramolecular Hbond substituents is 2. The number of amides is 1. The molecule has 3 N–H and O–H groups in total. The van der Waals surface area contributed by atoms with Crippen LogP contribution < -0.4 is 5.32 Å². The van der Waals surface area contributed by atoms with Crippen LogP contribution in [-0.2, 0) is 6.54 Å². The Hall–Kier alpha value is -3.07. The second-order valence-corrected chi connectivity index (χ2v) is 4.34. The van der Waals surface area contributed by atoms with Gasteiger partial charge in [0.15, 0.2) is 0 Å². The van der Waals surface area contributed by atoms with E-state index in [1.54, 1.807) is 0 Å². The molecule has 0 atom stereocenters. The number of phenols is 2. The van der Waals surface area contributed by atoms with Crippen LogP contribution in [0.3, 0.4) is 0 Å². The second kappa shape index (κ2) is 5.92. The van der Waals surface area contributed by atoms with Crippen molar-refractivity contribution in [2.75, 3.05) is 0 Å². The molecule has 0 aliphatic rings. The molecule has 0 saturated carbocycles. The van der Waals surface area contributed by atoms with Crippen molar-refractivity contribution >= 4 is 5.91 Å². The van der Waals surface area contributed by atoms with E-state index in [2.05, 4.69) is 5.32 Å². The fourth-order valence-electron chi connectivity index (χ4n) is 1.76. The molecule has 0 aliphatic heterocycles. The van der Waals surface area contributed by atoms with Gasteiger partial charge >= 0.3 is 0 Å². The van der Waals surface area contributed by atoms with E-state index in [1.165, 1.54) is 24.3 Å². The number of nitriles is 1. The summed E-state index contributed by atoms with van der Waals surface area (Å²) in [6, 6.07) is 9.22. The molecular weight excluding hydrogens is 275 g/mol. The number of nitrogens with one attached hydrogen (secondary N) is 1. The molecule has 0 bridgehead atoms. The molecule has 0 heterocycles. The molecule has 106 valence electrons. The van der Waals surface area contributed by atoms with Gasteiger partial charge in [-0.25, -0.2) is 4.39 Å². The van der Waals surface area contributed by atoms with Crippen molar-refractivity contribution in [3.8, 4) is 17.6 Å². The van der Waals surface area contributed by atoms with Gasteiger partial charge in [0.1, 0.15) is 17.3 Å². The Balaban J connectivity index is 2.09. The second-order valence-electron chi connectivity index (χ2n) is 4.34. The van der Waals surface area contributed by atoms with E-state index >= 15 is 0 Å². The monoisotopic (exact) mass is 286 g/mol. The van der Waals surface area contributed by atoms with E-state index in [-0.39, 0.29) is 34.7 Å². The van der Waals surface area contributed by atoms with Gasteiger partial charge in [0.05, 0.1) is 11.6 Å². The van der Waals surface area contributed by atoms with E-state index in [4.69, 9.17) is 5.26 Å². The summed E-state index contributed by atoms with van der Waals surface area (Å²) < 4.78 is 13.6. The van der Waals surface area contributed by atoms with Gasteiger partial charge < -0.3 is 15.5 Å². The van der Waals surface area contributed by atoms with Crippen molar-refractivity contribution in [2.45, 2.75) is 6.54 Å². The van der Waals surface area contributed by atoms with E-state index in [0.29, 0.717) is 0 Å². The molecular formula is C15H11FN2O3. The highest BCUT2D eigenvalue weighted by Crippen LogP contribution is 2.20. The third-order valence-corrected chi connectivity index (χ3v) is 2.79. The van der Waals surface area contributed by atoms with Crippen molar-refractivity contribution in [2.24, 2.45) is 0 Å². The van der Waals surface area contributed by atoms with E-state index in [0.717, 1.165) is 12.1 Å². The number of rotatable bonds is 3. The van der Waals surface area contributed by atoms with E-state index < -0.39 is 11.7 Å². The van der Waals surface area contributed by atoms with Crippen LogP contribution >= 0.6 is 0 Å². The summed E-state index contributed by atoms with van der Waals surface area (Å²) in [6.45, 7) is -0.0766. The maximum atomic E-state index is 13.6. The highest BCUT2D eigenvalue weighted by atomic mass is 19.1. The molecule has 0 aliphatic carbocycles. The topological polar surface area (TPSA) is 93.4 Å². The summed E-state index contributed by atoms with van der Waals surface area (Å²) in [4.78, 5) is 11.8. The summed E-state index contributed by atoms with van der Waals surface area (Å²) >= 11 is 0. The van der Waals surface area contributed by atoms with Crippen LogP contribution in [0.4, 0.5) is 4.39 Å². The smallest absolute Gasteiger partial charge is 0.251 e. The predicted octanol–water partition coefficient (Wildman–Crippen LogP) is 2.04. The summed E-state index contributed by atoms with van der Waals surface area (Å²) in [5.41, 5.74) is 0.480. The Bertz CT molecular complexity index is 718. The fourth-order valence-corrected chi connectivity index (χ4v) is 1.76. The Morgan fingerprint density at radius 1 is 1.19 bits per heavy atom. The Morgan fingerprint density at radius 3 is 2.43 bits per heavy atom. The third kappa shape index (κ3) is 3.48. The number of hydrogen-bond acceptors (Lipinski definition) is 4. The largest absolute Gasteiger partial charge is 0.508 e. The van der Waals surface area contributed by atoms with Crippen molar-refractivity contribution in [1.82, 2.24) is 5.32 Å². The lowest BCUT2D eigenvalue weighted by Gasteiger charge is -2.07. The maximum Gasteiger partial charge on any atom is 0.251 e. The molecule has 6 heteroatoms. The van der Waals surface area contributed by atoms with Crippen molar-refractivity contribution in [1.29, 1.82) is 5.26 Å². The molecule has 2 rings (SSSR count). The van der Waals surface area contributed by atoms with E-state index in [1.807, 2.05) is 6.07 Å². The van der Waals surface area contributed by atoms with Gasteiger partial charge in [-0.1, -0.05) is 6.07 Å². The van der Waals surface area contributed by atoms with Gasteiger partial charge in [0.2, 0.25) is 0 Å². The number of carbonyl (C=O) groups is 1. The number of benzene rings is 2. The minimum atomic E-state index is -0.590.